The Hall–Kier alpha value is -1.77. The smallest absolute Gasteiger partial charge is 0.173 e. The monoisotopic (exact) mass is 270 g/mol. The summed E-state index contributed by atoms with van der Waals surface area (Å²) in [6.45, 7) is 6.80. The zero-order valence-electron chi connectivity index (χ0n) is 12.3. The van der Waals surface area contributed by atoms with Crippen molar-refractivity contribution < 1.29 is 9.13 Å². The molecule has 1 atom stereocenters. The summed E-state index contributed by atoms with van der Waals surface area (Å²) in [6, 6.07) is 15.3. The summed E-state index contributed by atoms with van der Waals surface area (Å²) in [5, 5.41) is 0. The molecule has 2 aromatic carbocycles. The van der Waals surface area contributed by atoms with Gasteiger partial charge in [-0.3, -0.25) is 0 Å². The van der Waals surface area contributed by atoms with Crippen molar-refractivity contribution in [2.75, 3.05) is 6.61 Å². The van der Waals surface area contributed by atoms with Gasteiger partial charge in [-0.25, -0.2) is 4.39 Å². The fraction of sp³-hybridized carbons (Fsp3) is 0.294. The van der Waals surface area contributed by atoms with Crippen LogP contribution in [-0.2, 0) is 0 Å². The third-order valence-corrected chi connectivity index (χ3v) is 3.46. The highest BCUT2D eigenvalue weighted by Crippen LogP contribution is 2.18. The molecule has 104 valence electrons. The van der Waals surface area contributed by atoms with Crippen LogP contribution in [0.1, 0.15) is 18.4 Å². The Morgan fingerprint density at radius 1 is 1.10 bits per heavy atom. The van der Waals surface area contributed by atoms with Crippen LogP contribution >= 0.6 is 0 Å². The number of hydrogen-bond donors (Lipinski definition) is 0. The van der Waals surface area contributed by atoms with Gasteiger partial charge in [-0.1, -0.05) is 57.0 Å². The summed E-state index contributed by atoms with van der Waals surface area (Å²) in [6.07, 6.45) is 0. The molecule has 0 aliphatic rings. The van der Waals surface area contributed by atoms with E-state index in [0.29, 0.717) is 12.4 Å². The lowest BCUT2D eigenvalue weighted by atomic mass is 9.49. The van der Waals surface area contributed by atoms with Crippen molar-refractivity contribution in [2.45, 2.75) is 26.5 Å². The van der Waals surface area contributed by atoms with Gasteiger partial charge in [0.15, 0.2) is 6.71 Å². The van der Waals surface area contributed by atoms with Crippen molar-refractivity contribution in [3.63, 3.8) is 0 Å². The average molecular weight is 270 g/mol. The molecule has 0 saturated heterocycles. The van der Waals surface area contributed by atoms with E-state index in [9.17, 15) is 4.39 Å². The van der Waals surface area contributed by atoms with Crippen LogP contribution in [0.2, 0.25) is 13.6 Å². The maximum atomic E-state index is 13.9. The van der Waals surface area contributed by atoms with E-state index in [2.05, 4.69) is 19.1 Å². The third-order valence-electron chi connectivity index (χ3n) is 3.46. The van der Waals surface area contributed by atoms with Crippen LogP contribution in [0.25, 0.3) is 0 Å². The molecule has 0 saturated carbocycles. The number of ether oxygens (including phenoxy) is 1. The lowest BCUT2D eigenvalue weighted by molar-refractivity contribution is 0.294. The molecule has 0 N–H and O–H groups in total. The molecule has 3 heteroatoms. The maximum absolute atomic E-state index is 13.9. The van der Waals surface area contributed by atoms with Crippen molar-refractivity contribution in [3.05, 3.63) is 59.9 Å². The highest BCUT2D eigenvalue weighted by molar-refractivity contribution is 6.70. The maximum Gasteiger partial charge on any atom is 0.173 e. The van der Waals surface area contributed by atoms with Crippen LogP contribution < -0.4 is 10.2 Å². The van der Waals surface area contributed by atoms with Crippen LogP contribution in [0.5, 0.6) is 5.75 Å². The van der Waals surface area contributed by atoms with Crippen LogP contribution in [0.4, 0.5) is 4.39 Å². The number of hydrogen-bond acceptors (Lipinski definition) is 1. The molecule has 0 spiro atoms. The molecule has 20 heavy (non-hydrogen) atoms. The number of benzene rings is 2. The van der Waals surface area contributed by atoms with E-state index in [4.69, 9.17) is 4.74 Å². The van der Waals surface area contributed by atoms with Gasteiger partial charge in [0.25, 0.3) is 0 Å². The Labute approximate surface area is 120 Å². The largest absolute Gasteiger partial charge is 0.493 e. The fourth-order valence-corrected chi connectivity index (χ4v) is 2.16. The van der Waals surface area contributed by atoms with Gasteiger partial charge >= 0.3 is 0 Å². The van der Waals surface area contributed by atoms with Gasteiger partial charge in [0.05, 0.1) is 6.61 Å². The van der Waals surface area contributed by atoms with Gasteiger partial charge in [0.2, 0.25) is 0 Å². The summed E-state index contributed by atoms with van der Waals surface area (Å²) in [5.41, 5.74) is 1.96. The minimum absolute atomic E-state index is 0.187. The van der Waals surface area contributed by atoms with Gasteiger partial charge in [-0.2, -0.15) is 0 Å². The second kappa shape index (κ2) is 6.60. The summed E-state index contributed by atoms with van der Waals surface area (Å²) in [5.74, 6) is 0.684. The number of rotatable bonds is 5. The van der Waals surface area contributed by atoms with Crippen molar-refractivity contribution in [2.24, 2.45) is 0 Å². The lowest BCUT2D eigenvalue weighted by Gasteiger charge is -2.14. The summed E-state index contributed by atoms with van der Waals surface area (Å²) in [4.78, 5) is 0. The lowest BCUT2D eigenvalue weighted by Crippen LogP contribution is -2.26. The third kappa shape index (κ3) is 3.63. The average Bonchev–Trinajstić information content (AvgIpc) is 2.45. The van der Waals surface area contributed by atoms with E-state index in [0.717, 1.165) is 5.46 Å². The molecule has 0 bridgehead atoms. The van der Waals surface area contributed by atoms with Gasteiger partial charge in [-0.05, 0) is 17.1 Å². The summed E-state index contributed by atoms with van der Waals surface area (Å²) in [7, 11) is 0. The van der Waals surface area contributed by atoms with Crippen molar-refractivity contribution in [1.82, 2.24) is 0 Å². The predicted molar refractivity (Wildman–Crippen MR) is 83.9 cm³/mol. The SMILES string of the molecule is CB(C)c1ccc(OC[C@@H](C)c2ccccc2)cc1F. The summed E-state index contributed by atoms with van der Waals surface area (Å²) >= 11 is 0. The number of halogens is 1. The van der Waals surface area contributed by atoms with Gasteiger partial charge in [0, 0.05) is 12.0 Å². The second-order valence-corrected chi connectivity index (χ2v) is 5.46. The Balaban J connectivity index is 1.99. The molecule has 0 fully saturated rings. The van der Waals surface area contributed by atoms with Crippen molar-refractivity contribution in [3.8, 4) is 5.75 Å². The van der Waals surface area contributed by atoms with Gasteiger partial charge < -0.3 is 4.74 Å². The van der Waals surface area contributed by atoms with Crippen molar-refractivity contribution in [1.29, 1.82) is 0 Å². The molecule has 0 radical (unpaired) electrons. The van der Waals surface area contributed by atoms with Crippen LogP contribution in [0.3, 0.4) is 0 Å². The first kappa shape index (κ1) is 14.6. The fourth-order valence-electron chi connectivity index (χ4n) is 2.16. The van der Waals surface area contributed by atoms with Crippen LogP contribution in [0, 0.1) is 5.82 Å². The first-order valence-electron chi connectivity index (χ1n) is 7.05. The molecular formula is C17H20BFO. The van der Waals surface area contributed by atoms with Crippen LogP contribution in [-0.4, -0.2) is 13.3 Å². The van der Waals surface area contributed by atoms with E-state index in [1.807, 2.05) is 44.0 Å². The molecule has 0 amide bonds. The Kier molecular flexibility index (Phi) is 4.83. The molecule has 2 aromatic rings. The Morgan fingerprint density at radius 2 is 1.80 bits per heavy atom. The molecule has 1 nitrogen and oxygen atoms in total. The molecule has 0 unspecified atom stereocenters. The van der Waals surface area contributed by atoms with E-state index in [-0.39, 0.29) is 18.4 Å². The van der Waals surface area contributed by atoms with E-state index in [1.54, 1.807) is 0 Å². The van der Waals surface area contributed by atoms with E-state index >= 15 is 0 Å². The molecule has 0 aliphatic carbocycles. The first-order valence-corrected chi connectivity index (χ1v) is 7.05. The zero-order chi connectivity index (χ0) is 14.5. The predicted octanol–water partition coefficient (Wildman–Crippen LogP) is 3.97. The highest BCUT2D eigenvalue weighted by atomic mass is 19.1. The van der Waals surface area contributed by atoms with Crippen molar-refractivity contribution >= 4 is 12.2 Å². The minimum Gasteiger partial charge on any atom is -0.493 e. The van der Waals surface area contributed by atoms with Gasteiger partial charge in [0.1, 0.15) is 11.6 Å². The molecule has 0 heterocycles. The molecular weight excluding hydrogens is 250 g/mol. The standard InChI is InChI=1S/C17H20BFO/c1-13(14-7-5-4-6-8-14)12-20-15-9-10-16(18(2)3)17(19)11-15/h4-11,13H,12H2,1-3H3/t13-/m1/s1. The quantitative estimate of drug-likeness (QED) is 0.747. The van der Waals surface area contributed by atoms with Crippen LogP contribution in [0.15, 0.2) is 48.5 Å². The minimum atomic E-state index is -0.190. The van der Waals surface area contributed by atoms with E-state index in [1.165, 1.54) is 11.6 Å². The Morgan fingerprint density at radius 3 is 2.40 bits per heavy atom. The Bertz CT molecular complexity index is 554. The summed E-state index contributed by atoms with van der Waals surface area (Å²) < 4.78 is 19.6. The first-order chi connectivity index (χ1) is 9.58. The second-order valence-electron chi connectivity index (χ2n) is 5.46. The van der Waals surface area contributed by atoms with Gasteiger partial charge in [-0.15, -0.1) is 0 Å². The topological polar surface area (TPSA) is 9.23 Å². The van der Waals surface area contributed by atoms with E-state index < -0.39 is 0 Å². The highest BCUT2D eigenvalue weighted by Gasteiger charge is 2.11. The normalized spacial score (nSPS) is 12.0. The molecule has 0 aliphatic heterocycles. The molecule has 0 aromatic heterocycles. The molecule has 2 rings (SSSR count). The zero-order valence-corrected chi connectivity index (χ0v) is 12.3.